The van der Waals surface area contributed by atoms with E-state index in [4.69, 9.17) is 27.9 Å². The minimum atomic E-state index is -1.02. The summed E-state index contributed by atoms with van der Waals surface area (Å²) in [4.78, 5) is 11.3. The van der Waals surface area contributed by atoms with Crippen LogP contribution in [0.25, 0.3) is 0 Å². The lowest BCUT2D eigenvalue weighted by Gasteiger charge is -2.08. The SMILES string of the molecule is COC(=O)c1nnc(Oc2c(F)cc(F)cc2Cl)cc1Cl. The topological polar surface area (TPSA) is 61.3 Å². The van der Waals surface area contributed by atoms with Crippen LogP contribution in [0.2, 0.25) is 10.0 Å². The molecule has 0 unspecified atom stereocenters. The second kappa shape index (κ2) is 6.19. The number of benzene rings is 1. The number of carbonyl (C=O) groups is 1. The zero-order chi connectivity index (χ0) is 15.6. The molecule has 5 nitrogen and oxygen atoms in total. The van der Waals surface area contributed by atoms with Crippen LogP contribution in [0.5, 0.6) is 11.6 Å². The number of aromatic nitrogens is 2. The van der Waals surface area contributed by atoms with Crippen molar-refractivity contribution >= 4 is 29.2 Å². The molecule has 0 N–H and O–H groups in total. The van der Waals surface area contributed by atoms with Crippen molar-refractivity contribution in [3.05, 3.63) is 45.6 Å². The molecule has 0 radical (unpaired) electrons. The summed E-state index contributed by atoms with van der Waals surface area (Å²) in [5.41, 5.74) is -0.225. The van der Waals surface area contributed by atoms with Crippen molar-refractivity contribution in [1.29, 1.82) is 0 Å². The summed E-state index contributed by atoms with van der Waals surface area (Å²) in [5.74, 6) is -3.32. The highest BCUT2D eigenvalue weighted by Gasteiger charge is 2.17. The van der Waals surface area contributed by atoms with Gasteiger partial charge in [0.25, 0.3) is 0 Å². The highest BCUT2D eigenvalue weighted by Crippen LogP contribution is 2.32. The molecule has 0 bridgehead atoms. The first-order chi connectivity index (χ1) is 9.92. The van der Waals surface area contributed by atoms with Gasteiger partial charge < -0.3 is 9.47 Å². The Kier molecular flexibility index (Phi) is 4.54. The number of hydrogen-bond acceptors (Lipinski definition) is 5. The van der Waals surface area contributed by atoms with E-state index in [0.717, 1.165) is 19.2 Å². The molecule has 0 saturated heterocycles. The van der Waals surface area contributed by atoms with E-state index in [1.807, 2.05) is 0 Å². The Morgan fingerprint density at radius 3 is 2.43 bits per heavy atom. The van der Waals surface area contributed by atoms with E-state index >= 15 is 0 Å². The van der Waals surface area contributed by atoms with Crippen molar-refractivity contribution in [3.8, 4) is 11.6 Å². The Hall–Kier alpha value is -1.99. The maximum Gasteiger partial charge on any atom is 0.360 e. The number of methoxy groups -OCH3 is 1. The van der Waals surface area contributed by atoms with Gasteiger partial charge in [0.05, 0.1) is 17.2 Å². The van der Waals surface area contributed by atoms with E-state index in [0.29, 0.717) is 6.07 Å². The zero-order valence-corrected chi connectivity index (χ0v) is 11.9. The fourth-order valence-corrected chi connectivity index (χ4v) is 1.81. The van der Waals surface area contributed by atoms with E-state index in [9.17, 15) is 13.6 Å². The van der Waals surface area contributed by atoms with Crippen LogP contribution in [0.15, 0.2) is 18.2 Å². The number of rotatable bonds is 3. The molecule has 2 rings (SSSR count). The van der Waals surface area contributed by atoms with Gasteiger partial charge in [0, 0.05) is 12.1 Å². The summed E-state index contributed by atoms with van der Waals surface area (Å²) in [6.07, 6.45) is 0. The minimum Gasteiger partial charge on any atom is -0.464 e. The molecule has 9 heteroatoms. The largest absolute Gasteiger partial charge is 0.464 e. The van der Waals surface area contributed by atoms with E-state index < -0.39 is 23.4 Å². The maximum atomic E-state index is 13.6. The summed E-state index contributed by atoms with van der Waals surface area (Å²) >= 11 is 11.5. The first-order valence-corrected chi connectivity index (χ1v) is 6.12. The minimum absolute atomic E-state index is 0.106. The van der Waals surface area contributed by atoms with Gasteiger partial charge in [0.2, 0.25) is 5.88 Å². The van der Waals surface area contributed by atoms with Gasteiger partial charge in [-0.1, -0.05) is 23.2 Å². The lowest BCUT2D eigenvalue weighted by atomic mass is 10.3. The van der Waals surface area contributed by atoms with E-state index in [2.05, 4.69) is 14.9 Å². The van der Waals surface area contributed by atoms with Crippen LogP contribution in [0.4, 0.5) is 8.78 Å². The van der Waals surface area contributed by atoms with E-state index in [1.165, 1.54) is 0 Å². The molecule has 0 saturated carbocycles. The Morgan fingerprint density at radius 2 is 1.86 bits per heavy atom. The van der Waals surface area contributed by atoms with Gasteiger partial charge in [-0.15, -0.1) is 10.2 Å². The van der Waals surface area contributed by atoms with Crippen molar-refractivity contribution in [2.75, 3.05) is 7.11 Å². The summed E-state index contributed by atoms with van der Waals surface area (Å²) in [5, 5.41) is 6.64. The first kappa shape index (κ1) is 15.4. The van der Waals surface area contributed by atoms with Gasteiger partial charge in [0.15, 0.2) is 17.3 Å². The maximum absolute atomic E-state index is 13.6. The molecule has 1 aromatic heterocycles. The third-order valence-corrected chi connectivity index (χ3v) is 2.84. The van der Waals surface area contributed by atoms with Crippen LogP contribution in [-0.2, 0) is 4.74 Å². The molecule has 0 aliphatic rings. The number of halogens is 4. The fourth-order valence-electron chi connectivity index (χ4n) is 1.37. The fraction of sp³-hybridized carbons (Fsp3) is 0.0833. The van der Waals surface area contributed by atoms with Crippen LogP contribution < -0.4 is 4.74 Å². The quantitative estimate of drug-likeness (QED) is 0.802. The molecule has 0 fully saturated rings. The smallest absolute Gasteiger partial charge is 0.360 e. The van der Waals surface area contributed by atoms with Gasteiger partial charge >= 0.3 is 5.97 Å². The standard InChI is InChI=1S/C12H6Cl2F2N2O3/c1-20-12(19)10-6(13)4-9(17-18-10)21-11-7(14)2-5(15)3-8(11)16/h2-4H,1H3. The van der Waals surface area contributed by atoms with Crippen LogP contribution in [0.1, 0.15) is 10.5 Å². The van der Waals surface area contributed by atoms with Crippen LogP contribution in [-0.4, -0.2) is 23.3 Å². The molecule has 2 aromatic rings. The molecule has 0 atom stereocenters. The number of esters is 1. The molecule has 110 valence electrons. The van der Waals surface area contributed by atoms with E-state index in [-0.39, 0.29) is 21.6 Å². The second-order valence-corrected chi connectivity index (χ2v) is 4.49. The van der Waals surface area contributed by atoms with Crippen molar-refractivity contribution in [3.63, 3.8) is 0 Å². The average molecular weight is 335 g/mol. The summed E-state index contributed by atoms with van der Waals surface area (Å²) in [6, 6.07) is 2.59. The molecule has 1 aromatic carbocycles. The highest BCUT2D eigenvalue weighted by atomic mass is 35.5. The molecular formula is C12H6Cl2F2N2O3. The van der Waals surface area contributed by atoms with Crippen molar-refractivity contribution < 1.29 is 23.0 Å². The number of carbonyl (C=O) groups excluding carboxylic acids is 1. The summed E-state index contributed by atoms with van der Waals surface area (Å²) < 4.78 is 36.0. The molecule has 0 spiro atoms. The highest BCUT2D eigenvalue weighted by molar-refractivity contribution is 6.33. The predicted octanol–water partition coefficient (Wildman–Crippen LogP) is 3.64. The number of ether oxygens (including phenoxy) is 2. The molecule has 0 aliphatic heterocycles. The Balaban J connectivity index is 2.33. The molecule has 0 aliphatic carbocycles. The molecule has 21 heavy (non-hydrogen) atoms. The van der Waals surface area contributed by atoms with Gasteiger partial charge in [-0.05, 0) is 6.07 Å². The van der Waals surface area contributed by atoms with Gasteiger partial charge in [-0.25, -0.2) is 13.6 Å². The Labute approximate surface area is 127 Å². The van der Waals surface area contributed by atoms with Gasteiger partial charge in [0.1, 0.15) is 5.82 Å². The Bertz CT molecular complexity index is 690. The zero-order valence-electron chi connectivity index (χ0n) is 10.4. The number of nitrogens with zero attached hydrogens (tertiary/aromatic N) is 2. The lowest BCUT2D eigenvalue weighted by molar-refractivity contribution is 0.0592. The van der Waals surface area contributed by atoms with Gasteiger partial charge in [-0.3, -0.25) is 0 Å². The van der Waals surface area contributed by atoms with Crippen LogP contribution >= 0.6 is 23.2 Å². The second-order valence-electron chi connectivity index (χ2n) is 3.67. The van der Waals surface area contributed by atoms with E-state index in [1.54, 1.807) is 0 Å². The first-order valence-electron chi connectivity index (χ1n) is 5.36. The summed E-state index contributed by atoms with van der Waals surface area (Å²) in [6.45, 7) is 0. The monoisotopic (exact) mass is 334 g/mol. The van der Waals surface area contributed by atoms with Crippen LogP contribution in [0.3, 0.4) is 0 Å². The average Bonchev–Trinajstić information content (AvgIpc) is 2.42. The molecular weight excluding hydrogens is 329 g/mol. The third kappa shape index (κ3) is 3.37. The Morgan fingerprint density at radius 1 is 1.14 bits per heavy atom. The predicted molar refractivity (Wildman–Crippen MR) is 69.8 cm³/mol. The van der Waals surface area contributed by atoms with Crippen molar-refractivity contribution in [2.45, 2.75) is 0 Å². The molecule has 1 heterocycles. The van der Waals surface area contributed by atoms with Gasteiger partial charge in [-0.2, -0.15) is 0 Å². The summed E-state index contributed by atoms with van der Waals surface area (Å²) in [7, 11) is 1.15. The van der Waals surface area contributed by atoms with Crippen molar-refractivity contribution in [1.82, 2.24) is 10.2 Å². The normalized spacial score (nSPS) is 10.3. The number of hydrogen-bond donors (Lipinski definition) is 0. The molecule has 0 amide bonds. The third-order valence-electron chi connectivity index (χ3n) is 2.27. The van der Waals surface area contributed by atoms with Crippen molar-refractivity contribution in [2.24, 2.45) is 0 Å². The van der Waals surface area contributed by atoms with Crippen LogP contribution in [0, 0.1) is 11.6 Å². The lowest BCUT2D eigenvalue weighted by Crippen LogP contribution is -2.07.